The molecule has 4 heteroatoms. The lowest BCUT2D eigenvalue weighted by atomic mass is 10.3. The van der Waals surface area contributed by atoms with Crippen LogP contribution >= 0.6 is 0 Å². The van der Waals surface area contributed by atoms with E-state index in [-0.39, 0.29) is 6.10 Å². The van der Waals surface area contributed by atoms with E-state index in [1.54, 1.807) is 19.3 Å². The zero-order chi connectivity index (χ0) is 9.68. The fraction of sp³-hybridized carbons (Fsp3) is 0.556. The topological polar surface area (TPSA) is 58.0 Å². The Morgan fingerprint density at radius 1 is 1.54 bits per heavy atom. The minimum atomic E-state index is -0.273. The van der Waals surface area contributed by atoms with Gasteiger partial charge < -0.3 is 10.4 Å². The summed E-state index contributed by atoms with van der Waals surface area (Å²) in [6.45, 7) is 4.38. The van der Waals surface area contributed by atoms with Crippen LogP contribution in [0, 0.1) is 6.92 Å². The quantitative estimate of drug-likeness (QED) is 0.726. The Morgan fingerprint density at radius 3 is 2.92 bits per heavy atom. The van der Waals surface area contributed by atoms with Gasteiger partial charge in [0.1, 0.15) is 5.82 Å². The number of nitrogens with one attached hydrogen (secondary N) is 1. The third-order valence-corrected chi connectivity index (χ3v) is 1.62. The molecule has 0 radical (unpaired) electrons. The van der Waals surface area contributed by atoms with Crippen LogP contribution < -0.4 is 5.32 Å². The second-order valence-electron chi connectivity index (χ2n) is 3.11. The highest BCUT2D eigenvalue weighted by molar-refractivity contribution is 5.31. The average Bonchev–Trinajstić information content (AvgIpc) is 2.03. The average molecular weight is 181 g/mol. The second kappa shape index (κ2) is 4.77. The van der Waals surface area contributed by atoms with Gasteiger partial charge in [-0.05, 0) is 20.3 Å². The summed E-state index contributed by atoms with van der Waals surface area (Å²) in [7, 11) is 0. The highest BCUT2D eigenvalue weighted by atomic mass is 16.3. The van der Waals surface area contributed by atoms with Gasteiger partial charge in [0.15, 0.2) is 0 Å². The second-order valence-corrected chi connectivity index (χ2v) is 3.11. The third kappa shape index (κ3) is 3.85. The molecule has 0 saturated heterocycles. The smallest absolute Gasteiger partial charge is 0.144 e. The molecule has 0 fully saturated rings. The summed E-state index contributed by atoms with van der Waals surface area (Å²) in [6, 6.07) is 0. The van der Waals surface area contributed by atoms with Crippen molar-refractivity contribution in [2.75, 3.05) is 11.9 Å². The molecular formula is C9H15N3O. The molecular weight excluding hydrogens is 166 g/mol. The van der Waals surface area contributed by atoms with Crippen LogP contribution in [-0.4, -0.2) is 27.7 Å². The Hall–Kier alpha value is -1.16. The summed E-state index contributed by atoms with van der Waals surface area (Å²) >= 11 is 0. The number of anilines is 1. The van der Waals surface area contributed by atoms with Crippen molar-refractivity contribution in [3.05, 3.63) is 18.1 Å². The maximum absolute atomic E-state index is 9.01. The van der Waals surface area contributed by atoms with Gasteiger partial charge in [-0.25, -0.2) is 4.98 Å². The first kappa shape index (κ1) is 9.92. The molecule has 1 heterocycles. The number of aromatic nitrogens is 2. The molecule has 1 aromatic rings. The van der Waals surface area contributed by atoms with Crippen molar-refractivity contribution < 1.29 is 5.11 Å². The molecule has 1 unspecified atom stereocenters. The molecule has 0 aliphatic rings. The SMILES string of the molecule is Cc1cncc(NCCC(C)O)n1. The minimum Gasteiger partial charge on any atom is -0.393 e. The zero-order valence-electron chi connectivity index (χ0n) is 7.99. The molecule has 1 rings (SSSR count). The predicted octanol–water partition coefficient (Wildman–Crippen LogP) is 0.968. The Labute approximate surface area is 78.0 Å². The molecule has 0 spiro atoms. The molecule has 0 aliphatic carbocycles. The molecule has 4 nitrogen and oxygen atoms in total. The summed E-state index contributed by atoms with van der Waals surface area (Å²) in [6.07, 6.45) is 3.83. The van der Waals surface area contributed by atoms with Gasteiger partial charge in [0.25, 0.3) is 0 Å². The third-order valence-electron chi connectivity index (χ3n) is 1.62. The molecule has 0 aromatic carbocycles. The van der Waals surface area contributed by atoms with Crippen LogP contribution in [0.5, 0.6) is 0 Å². The Bertz CT molecular complexity index is 263. The first-order valence-corrected chi connectivity index (χ1v) is 4.39. The highest BCUT2D eigenvalue weighted by Gasteiger charge is 1.96. The highest BCUT2D eigenvalue weighted by Crippen LogP contribution is 2.01. The lowest BCUT2D eigenvalue weighted by Crippen LogP contribution is -2.10. The molecule has 72 valence electrons. The first-order chi connectivity index (χ1) is 6.18. The predicted molar refractivity (Wildman–Crippen MR) is 51.6 cm³/mol. The van der Waals surface area contributed by atoms with Crippen LogP contribution in [0.25, 0.3) is 0 Å². The van der Waals surface area contributed by atoms with Gasteiger partial charge in [0, 0.05) is 12.7 Å². The van der Waals surface area contributed by atoms with Gasteiger partial charge in [0.05, 0.1) is 18.0 Å². The molecule has 0 amide bonds. The Balaban J connectivity index is 2.37. The van der Waals surface area contributed by atoms with Crippen LogP contribution in [-0.2, 0) is 0 Å². The van der Waals surface area contributed by atoms with Crippen molar-refractivity contribution in [2.24, 2.45) is 0 Å². The van der Waals surface area contributed by atoms with E-state index in [1.807, 2.05) is 6.92 Å². The minimum absolute atomic E-state index is 0.273. The van der Waals surface area contributed by atoms with E-state index in [4.69, 9.17) is 5.11 Å². The fourth-order valence-electron chi connectivity index (χ4n) is 0.958. The van der Waals surface area contributed by atoms with Crippen LogP contribution in [0.4, 0.5) is 5.82 Å². The van der Waals surface area contributed by atoms with E-state index in [0.29, 0.717) is 0 Å². The van der Waals surface area contributed by atoms with Crippen molar-refractivity contribution in [2.45, 2.75) is 26.4 Å². The number of aliphatic hydroxyl groups excluding tert-OH is 1. The lowest BCUT2D eigenvalue weighted by molar-refractivity contribution is 0.188. The molecule has 13 heavy (non-hydrogen) atoms. The maximum atomic E-state index is 9.01. The van der Waals surface area contributed by atoms with Gasteiger partial charge in [0.2, 0.25) is 0 Å². The van der Waals surface area contributed by atoms with Gasteiger partial charge in [-0.2, -0.15) is 0 Å². The molecule has 0 bridgehead atoms. The number of aliphatic hydroxyl groups is 1. The Kier molecular flexibility index (Phi) is 3.64. The van der Waals surface area contributed by atoms with Crippen LogP contribution in [0.2, 0.25) is 0 Å². The summed E-state index contributed by atoms with van der Waals surface area (Å²) in [5, 5.41) is 12.1. The van der Waals surface area contributed by atoms with Gasteiger partial charge in [-0.3, -0.25) is 4.98 Å². The molecule has 1 atom stereocenters. The number of nitrogens with zero attached hydrogens (tertiary/aromatic N) is 2. The molecule has 1 aromatic heterocycles. The molecule has 2 N–H and O–H groups in total. The van der Waals surface area contributed by atoms with Crippen molar-refractivity contribution in [1.82, 2.24) is 9.97 Å². The molecule has 0 saturated carbocycles. The van der Waals surface area contributed by atoms with Crippen LogP contribution in [0.3, 0.4) is 0 Å². The first-order valence-electron chi connectivity index (χ1n) is 4.39. The van der Waals surface area contributed by atoms with Crippen molar-refractivity contribution in [3.8, 4) is 0 Å². The fourth-order valence-corrected chi connectivity index (χ4v) is 0.958. The maximum Gasteiger partial charge on any atom is 0.144 e. The standard InChI is InChI=1S/C9H15N3O/c1-7-5-10-6-9(12-7)11-4-3-8(2)13/h5-6,8,13H,3-4H2,1-2H3,(H,11,12). The van der Waals surface area contributed by atoms with Crippen molar-refractivity contribution >= 4 is 5.82 Å². The summed E-state index contributed by atoms with van der Waals surface area (Å²) < 4.78 is 0. The number of hydrogen-bond donors (Lipinski definition) is 2. The number of aryl methyl sites for hydroxylation is 1. The number of hydrogen-bond acceptors (Lipinski definition) is 4. The van der Waals surface area contributed by atoms with E-state index < -0.39 is 0 Å². The monoisotopic (exact) mass is 181 g/mol. The van der Waals surface area contributed by atoms with E-state index in [1.165, 1.54) is 0 Å². The van der Waals surface area contributed by atoms with Gasteiger partial charge in [-0.1, -0.05) is 0 Å². The number of rotatable bonds is 4. The zero-order valence-corrected chi connectivity index (χ0v) is 7.99. The largest absolute Gasteiger partial charge is 0.393 e. The molecule has 0 aliphatic heterocycles. The van der Waals surface area contributed by atoms with Crippen molar-refractivity contribution in [3.63, 3.8) is 0 Å². The van der Waals surface area contributed by atoms with Crippen LogP contribution in [0.15, 0.2) is 12.4 Å². The van der Waals surface area contributed by atoms with E-state index in [9.17, 15) is 0 Å². The van der Waals surface area contributed by atoms with Gasteiger partial charge >= 0.3 is 0 Å². The van der Waals surface area contributed by atoms with Crippen LogP contribution in [0.1, 0.15) is 19.0 Å². The van der Waals surface area contributed by atoms with E-state index >= 15 is 0 Å². The summed E-state index contributed by atoms with van der Waals surface area (Å²) in [5.74, 6) is 0.764. The normalized spacial score (nSPS) is 12.5. The van der Waals surface area contributed by atoms with Gasteiger partial charge in [-0.15, -0.1) is 0 Å². The summed E-state index contributed by atoms with van der Waals surface area (Å²) in [4.78, 5) is 8.21. The van der Waals surface area contributed by atoms with E-state index in [2.05, 4.69) is 15.3 Å². The van der Waals surface area contributed by atoms with E-state index in [0.717, 1.165) is 24.5 Å². The lowest BCUT2D eigenvalue weighted by Gasteiger charge is -2.06. The Morgan fingerprint density at radius 2 is 2.31 bits per heavy atom. The summed E-state index contributed by atoms with van der Waals surface area (Å²) in [5.41, 5.74) is 0.891. The van der Waals surface area contributed by atoms with Crippen molar-refractivity contribution in [1.29, 1.82) is 0 Å².